The zero-order chi connectivity index (χ0) is 29.2. The lowest BCUT2D eigenvalue weighted by atomic mass is 10.0. The predicted molar refractivity (Wildman–Crippen MR) is 158 cm³/mol. The lowest BCUT2D eigenvalue weighted by Crippen LogP contribution is -2.36. The van der Waals surface area contributed by atoms with E-state index in [0.717, 1.165) is 12.8 Å². The van der Waals surface area contributed by atoms with Gasteiger partial charge in [-0.2, -0.15) is 0 Å². The Balaban J connectivity index is 1.47. The summed E-state index contributed by atoms with van der Waals surface area (Å²) in [5.41, 5.74) is 0.703. The topological polar surface area (TPSA) is 125 Å². The SMILES string of the molecule is CCCCCCCCCCCCCCCCCNC(=O)OCC(COC(=O)NCc1ccccn1)Oc1ccon1. The number of alkyl carbamates (subject to hydrolysis) is 2. The fourth-order valence-electron chi connectivity index (χ4n) is 4.34. The van der Waals surface area contributed by atoms with Crippen LogP contribution in [-0.4, -0.2) is 48.2 Å². The van der Waals surface area contributed by atoms with E-state index in [1.54, 1.807) is 18.3 Å². The number of carbonyl (C=O) groups is 2. The molecular formula is C31H50N4O6. The van der Waals surface area contributed by atoms with Gasteiger partial charge in [0.05, 0.1) is 12.2 Å². The first-order valence-corrected chi connectivity index (χ1v) is 15.5. The molecule has 1 unspecified atom stereocenters. The van der Waals surface area contributed by atoms with Gasteiger partial charge in [0.2, 0.25) is 0 Å². The van der Waals surface area contributed by atoms with Gasteiger partial charge >= 0.3 is 12.2 Å². The van der Waals surface area contributed by atoms with Gasteiger partial charge in [0.25, 0.3) is 5.88 Å². The van der Waals surface area contributed by atoms with Gasteiger partial charge in [-0.3, -0.25) is 4.98 Å². The van der Waals surface area contributed by atoms with E-state index in [4.69, 9.17) is 18.7 Å². The normalized spacial score (nSPS) is 11.5. The molecule has 0 saturated heterocycles. The molecule has 230 valence electrons. The highest BCUT2D eigenvalue weighted by Crippen LogP contribution is 2.13. The van der Waals surface area contributed by atoms with Crippen molar-refractivity contribution in [2.45, 2.75) is 116 Å². The molecule has 2 aromatic rings. The minimum absolute atomic E-state index is 0.120. The summed E-state index contributed by atoms with van der Waals surface area (Å²) in [6, 6.07) is 6.94. The van der Waals surface area contributed by atoms with Crippen molar-refractivity contribution in [2.75, 3.05) is 19.8 Å². The van der Waals surface area contributed by atoms with Crippen LogP contribution >= 0.6 is 0 Å². The molecule has 0 bridgehead atoms. The van der Waals surface area contributed by atoms with Crippen LogP contribution in [0.15, 0.2) is 41.2 Å². The molecule has 0 radical (unpaired) electrons. The minimum Gasteiger partial charge on any atom is -0.465 e. The van der Waals surface area contributed by atoms with Crippen molar-refractivity contribution in [3.63, 3.8) is 0 Å². The maximum absolute atomic E-state index is 12.1. The van der Waals surface area contributed by atoms with Crippen LogP contribution in [0.3, 0.4) is 0 Å². The van der Waals surface area contributed by atoms with Crippen molar-refractivity contribution in [3.05, 3.63) is 42.4 Å². The molecule has 2 N–H and O–H groups in total. The van der Waals surface area contributed by atoms with Crippen molar-refractivity contribution >= 4 is 12.2 Å². The van der Waals surface area contributed by atoms with Gasteiger partial charge in [-0.1, -0.05) is 103 Å². The summed E-state index contributed by atoms with van der Waals surface area (Å²) in [6.07, 6.45) is 20.5. The molecule has 0 aromatic carbocycles. The molecule has 41 heavy (non-hydrogen) atoms. The number of unbranched alkanes of at least 4 members (excludes halogenated alkanes) is 14. The number of hydrogen-bond donors (Lipinski definition) is 2. The van der Waals surface area contributed by atoms with Crippen molar-refractivity contribution in [1.29, 1.82) is 0 Å². The van der Waals surface area contributed by atoms with E-state index < -0.39 is 18.3 Å². The van der Waals surface area contributed by atoms with Crippen molar-refractivity contribution in [1.82, 2.24) is 20.8 Å². The fraction of sp³-hybridized carbons (Fsp3) is 0.677. The summed E-state index contributed by atoms with van der Waals surface area (Å²) >= 11 is 0. The summed E-state index contributed by atoms with van der Waals surface area (Å²) in [5.74, 6) is 0.203. The highest BCUT2D eigenvalue weighted by Gasteiger charge is 2.18. The van der Waals surface area contributed by atoms with Crippen molar-refractivity contribution in [3.8, 4) is 5.88 Å². The van der Waals surface area contributed by atoms with Gasteiger partial charge in [-0.15, -0.1) is 0 Å². The third-order valence-electron chi connectivity index (χ3n) is 6.69. The Morgan fingerprint density at radius 2 is 1.37 bits per heavy atom. The molecule has 2 rings (SSSR count). The lowest BCUT2D eigenvalue weighted by molar-refractivity contribution is 0.0323. The maximum atomic E-state index is 12.1. The Kier molecular flexibility index (Phi) is 19.4. The molecule has 2 aromatic heterocycles. The maximum Gasteiger partial charge on any atom is 0.407 e. The monoisotopic (exact) mass is 574 g/mol. The number of ether oxygens (including phenoxy) is 3. The Bertz CT molecular complexity index is 897. The number of nitrogens with one attached hydrogen (secondary N) is 2. The second-order valence-corrected chi connectivity index (χ2v) is 10.3. The van der Waals surface area contributed by atoms with Crippen LogP contribution in [0.4, 0.5) is 9.59 Å². The summed E-state index contributed by atoms with van der Waals surface area (Å²) < 4.78 is 20.9. The number of carbonyl (C=O) groups excluding carboxylic acids is 2. The number of rotatable bonds is 24. The molecular weight excluding hydrogens is 524 g/mol. The van der Waals surface area contributed by atoms with E-state index in [1.165, 1.54) is 95.8 Å². The van der Waals surface area contributed by atoms with E-state index in [2.05, 4.69) is 27.7 Å². The zero-order valence-corrected chi connectivity index (χ0v) is 24.8. The summed E-state index contributed by atoms with van der Waals surface area (Å²) in [4.78, 5) is 28.4. The largest absolute Gasteiger partial charge is 0.465 e. The molecule has 2 amide bonds. The van der Waals surface area contributed by atoms with Gasteiger partial charge in [0, 0.05) is 18.8 Å². The Morgan fingerprint density at radius 3 is 1.90 bits per heavy atom. The average molecular weight is 575 g/mol. The van der Waals surface area contributed by atoms with E-state index in [9.17, 15) is 9.59 Å². The third kappa shape index (κ3) is 18.6. The number of pyridine rings is 1. The second-order valence-electron chi connectivity index (χ2n) is 10.3. The number of nitrogens with zero attached hydrogens (tertiary/aromatic N) is 2. The van der Waals surface area contributed by atoms with Crippen LogP contribution in [0.25, 0.3) is 0 Å². The predicted octanol–water partition coefficient (Wildman–Crippen LogP) is 7.34. The summed E-state index contributed by atoms with van der Waals surface area (Å²) in [7, 11) is 0. The van der Waals surface area contributed by atoms with Crippen LogP contribution < -0.4 is 15.4 Å². The van der Waals surface area contributed by atoms with E-state index in [-0.39, 0.29) is 25.6 Å². The fourth-order valence-corrected chi connectivity index (χ4v) is 4.34. The molecule has 10 heteroatoms. The molecule has 10 nitrogen and oxygen atoms in total. The minimum atomic E-state index is -0.753. The average Bonchev–Trinajstić information content (AvgIpc) is 3.51. The highest BCUT2D eigenvalue weighted by molar-refractivity contribution is 5.67. The first-order chi connectivity index (χ1) is 20.2. The first kappa shape index (κ1) is 33.9. The van der Waals surface area contributed by atoms with Crippen molar-refractivity contribution in [2.24, 2.45) is 0 Å². The number of aromatic nitrogens is 2. The van der Waals surface area contributed by atoms with Gasteiger partial charge in [0.15, 0.2) is 6.10 Å². The Hall–Kier alpha value is -3.30. The summed E-state index contributed by atoms with van der Waals surface area (Å²) in [6.45, 7) is 2.78. The zero-order valence-electron chi connectivity index (χ0n) is 24.8. The van der Waals surface area contributed by atoms with E-state index in [0.29, 0.717) is 12.2 Å². The van der Waals surface area contributed by atoms with Crippen molar-refractivity contribution < 1.29 is 28.3 Å². The molecule has 0 aliphatic rings. The van der Waals surface area contributed by atoms with E-state index in [1.807, 2.05) is 6.07 Å². The second kappa shape index (κ2) is 23.4. The van der Waals surface area contributed by atoms with Gasteiger partial charge in [0.1, 0.15) is 19.5 Å². The lowest BCUT2D eigenvalue weighted by Gasteiger charge is -2.17. The smallest absolute Gasteiger partial charge is 0.407 e. The quantitative estimate of drug-likeness (QED) is 0.125. The highest BCUT2D eigenvalue weighted by atomic mass is 16.6. The van der Waals surface area contributed by atoms with E-state index >= 15 is 0 Å². The molecule has 0 saturated carbocycles. The summed E-state index contributed by atoms with van der Waals surface area (Å²) in [5, 5.41) is 9.08. The number of hydrogen-bond acceptors (Lipinski definition) is 8. The molecule has 0 fully saturated rings. The van der Waals surface area contributed by atoms with Crippen LogP contribution in [0.1, 0.15) is 109 Å². The molecule has 0 spiro atoms. The Morgan fingerprint density at radius 1 is 0.780 bits per heavy atom. The molecule has 2 heterocycles. The molecule has 0 aliphatic heterocycles. The van der Waals surface area contributed by atoms with Crippen LogP contribution in [0.2, 0.25) is 0 Å². The Labute approximate surface area is 245 Å². The van der Waals surface area contributed by atoms with Gasteiger partial charge in [-0.25, -0.2) is 9.59 Å². The molecule has 0 aliphatic carbocycles. The van der Waals surface area contributed by atoms with Crippen LogP contribution in [0, 0.1) is 0 Å². The van der Waals surface area contributed by atoms with Crippen LogP contribution in [-0.2, 0) is 16.0 Å². The first-order valence-electron chi connectivity index (χ1n) is 15.5. The van der Waals surface area contributed by atoms with Gasteiger partial charge < -0.3 is 29.4 Å². The molecule has 1 atom stereocenters. The van der Waals surface area contributed by atoms with Gasteiger partial charge in [-0.05, 0) is 23.7 Å². The standard InChI is InChI=1S/C31H50N4O6/c1-2-3-4-5-6-7-8-9-10-11-12-13-14-15-17-22-33-30(36)38-25-28(41-29-20-23-40-35-29)26-39-31(37)34-24-27-19-16-18-21-32-27/h16,18-21,23,28H,2-15,17,22,24-26H2,1H3,(H,33,36)(H,34,37). The third-order valence-corrected chi connectivity index (χ3v) is 6.69. The number of amides is 2. The van der Waals surface area contributed by atoms with Crippen LogP contribution in [0.5, 0.6) is 5.88 Å².